The fourth-order valence-corrected chi connectivity index (χ4v) is 1.88. The number of nitrogens with one attached hydrogen (secondary N) is 1. The van der Waals surface area contributed by atoms with Crippen LogP contribution in [-0.4, -0.2) is 30.0 Å². The van der Waals surface area contributed by atoms with Crippen LogP contribution >= 0.6 is 0 Å². The summed E-state index contributed by atoms with van der Waals surface area (Å²) >= 11 is 0. The Morgan fingerprint density at radius 2 is 1.86 bits per heavy atom. The number of amides is 1. The van der Waals surface area contributed by atoms with Gasteiger partial charge in [0.2, 0.25) is 0 Å². The van der Waals surface area contributed by atoms with E-state index in [-0.39, 0.29) is 11.7 Å². The summed E-state index contributed by atoms with van der Waals surface area (Å²) in [7, 11) is 3.39. The number of carbonyl (C=O) groups excluding carboxylic acids is 1. The van der Waals surface area contributed by atoms with Crippen LogP contribution in [0.3, 0.4) is 0 Å². The molecule has 0 aromatic heterocycles. The fraction of sp³-hybridized carbons (Fsp3) is 0.188. The number of nitrogens with zero attached hydrogens (tertiary/aromatic N) is 1. The van der Waals surface area contributed by atoms with E-state index in [0.717, 1.165) is 5.69 Å². The highest BCUT2D eigenvalue weighted by Crippen LogP contribution is 2.19. The van der Waals surface area contributed by atoms with E-state index in [0.29, 0.717) is 17.7 Å². The van der Waals surface area contributed by atoms with Crippen molar-refractivity contribution in [3.8, 4) is 5.75 Å². The standard InChI is InChI=1S/C16H17FN2O2/c1-19(2)16(21)11-3-6-14(7-4-11)18-10-12-9-13(17)5-8-15(12)20/h3-9,18,20H,10H2,1-2H3. The second-order valence-electron chi connectivity index (χ2n) is 4.90. The zero-order valence-corrected chi connectivity index (χ0v) is 11.9. The number of phenols is 1. The fourth-order valence-electron chi connectivity index (χ4n) is 1.88. The normalized spacial score (nSPS) is 10.2. The zero-order valence-electron chi connectivity index (χ0n) is 11.9. The van der Waals surface area contributed by atoms with Gasteiger partial charge in [0.15, 0.2) is 0 Å². The molecule has 0 aliphatic heterocycles. The van der Waals surface area contributed by atoms with Crippen molar-refractivity contribution in [2.75, 3.05) is 19.4 Å². The molecular formula is C16H17FN2O2. The maximum Gasteiger partial charge on any atom is 0.253 e. The van der Waals surface area contributed by atoms with Crippen molar-refractivity contribution in [2.45, 2.75) is 6.54 Å². The predicted molar refractivity (Wildman–Crippen MR) is 79.9 cm³/mol. The van der Waals surface area contributed by atoms with Crippen molar-refractivity contribution in [2.24, 2.45) is 0 Å². The van der Waals surface area contributed by atoms with Gasteiger partial charge in [0, 0.05) is 37.5 Å². The van der Waals surface area contributed by atoms with E-state index < -0.39 is 5.82 Å². The molecule has 1 amide bonds. The molecule has 0 aliphatic rings. The summed E-state index contributed by atoms with van der Waals surface area (Å²) in [6.45, 7) is 0.296. The van der Waals surface area contributed by atoms with Gasteiger partial charge in [-0.15, -0.1) is 0 Å². The minimum Gasteiger partial charge on any atom is -0.508 e. The molecule has 0 saturated carbocycles. The van der Waals surface area contributed by atoms with Crippen molar-refractivity contribution in [3.63, 3.8) is 0 Å². The number of anilines is 1. The number of carbonyl (C=O) groups is 1. The van der Waals surface area contributed by atoms with Gasteiger partial charge in [0.1, 0.15) is 11.6 Å². The van der Waals surface area contributed by atoms with E-state index in [4.69, 9.17) is 0 Å². The summed E-state index contributed by atoms with van der Waals surface area (Å²) in [5, 5.41) is 12.7. The van der Waals surface area contributed by atoms with Crippen LogP contribution in [0.5, 0.6) is 5.75 Å². The number of hydrogen-bond donors (Lipinski definition) is 2. The largest absolute Gasteiger partial charge is 0.508 e. The smallest absolute Gasteiger partial charge is 0.253 e. The number of rotatable bonds is 4. The second-order valence-corrected chi connectivity index (χ2v) is 4.90. The Morgan fingerprint density at radius 1 is 1.19 bits per heavy atom. The Labute approximate surface area is 122 Å². The number of benzene rings is 2. The lowest BCUT2D eigenvalue weighted by Gasteiger charge is -2.12. The molecule has 0 unspecified atom stereocenters. The summed E-state index contributed by atoms with van der Waals surface area (Å²) in [6.07, 6.45) is 0. The maximum absolute atomic E-state index is 13.1. The predicted octanol–water partition coefficient (Wildman–Crippen LogP) is 2.85. The highest BCUT2D eigenvalue weighted by molar-refractivity contribution is 5.94. The average Bonchev–Trinajstić information content (AvgIpc) is 2.48. The molecule has 0 saturated heterocycles. The monoisotopic (exact) mass is 288 g/mol. The van der Waals surface area contributed by atoms with Gasteiger partial charge in [-0.05, 0) is 42.5 Å². The van der Waals surface area contributed by atoms with Crippen LogP contribution in [0.4, 0.5) is 10.1 Å². The lowest BCUT2D eigenvalue weighted by Crippen LogP contribution is -2.21. The Hall–Kier alpha value is -2.56. The molecule has 4 nitrogen and oxygen atoms in total. The number of aromatic hydroxyl groups is 1. The second kappa shape index (κ2) is 6.26. The molecule has 0 bridgehead atoms. The van der Waals surface area contributed by atoms with Gasteiger partial charge in [-0.3, -0.25) is 4.79 Å². The molecule has 2 aromatic rings. The molecule has 0 radical (unpaired) electrons. The molecule has 2 aromatic carbocycles. The molecule has 0 fully saturated rings. The first-order valence-corrected chi connectivity index (χ1v) is 6.50. The van der Waals surface area contributed by atoms with E-state index in [9.17, 15) is 14.3 Å². The highest BCUT2D eigenvalue weighted by atomic mass is 19.1. The van der Waals surface area contributed by atoms with Gasteiger partial charge in [0.25, 0.3) is 5.91 Å². The third-order valence-corrected chi connectivity index (χ3v) is 3.06. The summed E-state index contributed by atoms with van der Waals surface area (Å²) in [6, 6.07) is 10.8. The maximum atomic E-state index is 13.1. The number of halogens is 1. The van der Waals surface area contributed by atoms with Crippen molar-refractivity contribution in [3.05, 3.63) is 59.4 Å². The minimum absolute atomic E-state index is 0.0447. The van der Waals surface area contributed by atoms with Crippen LogP contribution in [0.2, 0.25) is 0 Å². The average molecular weight is 288 g/mol. The van der Waals surface area contributed by atoms with Crippen molar-refractivity contribution in [1.29, 1.82) is 0 Å². The van der Waals surface area contributed by atoms with Crippen molar-refractivity contribution >= 4 is 11.6 Å². The highest BCUT2D eigenvalue weighted by Gasteiger charge is 2.07. The van der Waals surface area contributed by atoms with E-state index in [1.807, 2.05) is 0 Å². The Bertz CT molecular complexity index is 639. The topological polar surface area (TPSA) is 52.6 Å². The van der Waals surface area contributed by atoms with Gasteiger partial charge >= 0.3 is 0 Å². The van der Waals surface area contributed by atoms with E-state index in [1.165, 1.54) is 23.1 Å². The quantitative estimate of drug-likeness (QED) is 0.909. The molecular weight excluding hydrogens is 271 g/mol. The Morgan fingerprint density at radius 3 is 2.48 bits per heavy atom. The van der Waals surface area contributed by atoms with Crippen LogP contribution in [0.15, 0.2) is 42.5 Å². The molecule has 21 heavy (non-hydrogen) atoms. The van der Waals surface area contributed by atoms with Gasteiger partial charge in [0.05, 0.1) is 0 Å². The third kappa shape index (κ3) is 3.72. The van der Waals surface area contributed by atoms with Gasteiger partial charge in [-0.2, -0.15) is 0 Å². The van der Waals surface area contributed by atoms with Crippen molar-refractivity contribution in [1.82, 2.24) is 4.90 Å². The van der Waals surface area contributed by atoms with Crippen LogP contribution in [0, 0.1) is 5.82 Å². The Balaban J connectivity index is 2.04. The van der Waals surface area contributed by atoms with Gasteiger partial charge in [-0.25, -0.2) is 4.39 Å². The zero-order chi connectivity index (χ0) is 15.4. The van der Waals surface area contributed by atoms with E-state index in [1.54, 1.807) is 38.4 Å². The number of hydrogen-bond acceptors (Lipinski definition) is 3. The first-order chi connectivity index (χ1) is 9.97. The lowest BCUT2D eigenvalue weighted by molar-refractivity contribution is 0.0827. The van der Waals surface area contributed by atoms with E-state index >= 15 is 0 Å². The summed E-state index contributed by atoms with van der Waals surface area (Å²) in [4.78, 5) is 13.3. The molecule has 0 atom stereocenters. The van der Waals surface area contributed by atoms with Crippen LogP contribution in [0.25, 0.3) is 0 Å². The first-order valence-electron chi connectivity index (χ1n) is 6.50. The van der Waals surface area contributed by atoms with Gasteiger partial charge < -0.3 is 15.3 Å². The third-order valence-electron chi connectivity index (χ3n) is 3.06. The Kier molecular flexibility index (Phi) is 4.42. The SMILES string of the molecule is CN(C)C(=O)c1ccc(NCc2cc(F)ccc2O)cc1. The van der Waals surface area contributed by atoms with Crippen LogP contribution < -0.4 is 5.32 Å². The molecule has 0 aliphatic carbocycles. The van der Waals surface area contributed by atoms with Gasteiger partial charge in [-0.1, -0.05) is 0 Å². The molecule has 5 heteroatoms. The van der Waals surface area contributed by atoms with Crippen LogP contribution in [0.1, 0.15) is 15.9 Å². The molecule has 0 spiro atoms. The molecule has 2 N–H and O–H groups in total. The lowest BCUT2D eigenvalue weighted by atomic mass is 10.1. The first kappa shape index (κ1) is 14.8. The summed E-state index contributed by atoms with van der Waals surface area (Å²) in [5.41, 5.74) is 1.86. The van der Waals surface area contributed by atoms with Crippen molar-refractivity contribution < 1.29 is 14.3 Å². The minimum atomic E-state index is -0.392. The van der Waals surface area contributed by atoms with E-state index in [2.05, 4.69) is 5.32 Å². The number of phenolic OH excluding ortho intramolecular Hbond substituents is 1. The molecule has 2 rings (SSSR count). The molecule has 0 heterocycles. The summed E-state index contributed by atoms with van der Waals surface area (Å²) < 4.78 is 13.1. The molecule has 110 valence electrons. The summed E-state index contributed by atoms with van der Waals surface area (Å²) in [5.74, 6) is -0.413. The van der Waals surface area contributed by atoms with Crippen LogP contribution in [-0.2, 0) is 6.54 Å².